The van der Waals surface area contributed by atoms with Crippen LogP contribution in [0.3, 0.4) is 0 Å². The third kappa shape index (κ3) is 3.13. The summed E-state index contributed by atoms with van der Waals surface area (Å²) in [6.07, 6.45) is 0.556. The molecule has 0 saturated heterocycles. The summed E-state index contributed by atoms with van der Waals surface area (Å²) >= 11 is 0. The minimum atomic E-state index is -1.07. The molecule has 1 aromatic rings. The van der Waals surface area contributed by atoms with E-state index in [0.29, 0.717) is 5.56 Å². The smallest absolute Gasteiger partial charge is 0.337 e. The molecule has 0 unspecified atom stereocenters. The average Bonchev–Trinajstić information content (AvgIpc) is 2.53. The van der Waals surface area contributed by atoms with E-state index in [-0.39, 0.29) is 42.5 Å². The minimum Gasteiger partial charge on any atom is -0.465 e. The Morgan fingerprint density at radius 3 is 2.09 bits per heavy atom. The second kappa shape index (κ2) is 6.64. The van der Waals surface area contributed by atoms with E-state index in [4.69, 9.17) is 0 Å². The van der Waals surface area contributed by atoms with E-state index < -0.39 is 11.9 Å². The summed E-state index contributed by atoms with van der Waals surface area (Å²) in [4.78, 5) is 47.3. The number of Topliss-reactive ketones (excluding diaryl/α,β-unsaturated/α-hetero) is 3. The van der Waals surface area contributed by atoms with Crippen molar-refractivity contribution in [3.8, 4) is 0 Å². The highest BCUT2D eigenvalue weighted by molar-refractivity contribution is 6.20. The molecule has 0 N–H and O–H groups in total. The minimum absolute atomic E-state index is 0.180. The van der Waals surface area contributed by atoms with Crippen LogP contribution in [0.25, 0.3) is 0 Å². The van der Waals surface area contributed by atoms with Gasteiger partial charge >= 0.3 is 5.97 Å². The summed E-state index contributed by atoms with van der Waals surface area (Å²) in [7, 11) is 1.31. The highest BCUT2D eigenvalue weighted by Crippen LogP contribution is 2.32. The molecule has 0 aliphatic heterocycles. The SMILES string of the molecule is CCC(=O)C1C(=O)CC(c2ccc(C(=O)OC)cc2)CC1=O. The number of ketones is 3. The first-order valence-corrected chi connectivity index (χ1v) is 7.24. The number of esters is 1. The molecule has 1 fully saturated rings. The Hall–Kier alpha value is -2.30. The summed E-state index contributed by atoms with van der Waals surface area (Å²) in [5.74, 6) is -2.64. The van der Waals surface area contributed by atoms with Gasteiger partial charge in [0.2, 0.25) is 0 Å². The lowest BCUT2D eigenvalue weighted by Crippen LogP contribution is -2.37. The van der Waals surface area contributed by atoms with Gasteiger partial charge in [0.25, 0.3) is 0 Å². The third-order valence-electron chi connectivity index (χ3n) is 4.01. The number of rotatable bonds is 4. The van der Waals surface area contributed by atoms with Crippen molar-refractivity contribution in [3.63, 3.8) is 0 Å². The lowest BCUT2D eigenvalue weighted by molar-refractivity contribution is -0.142. The maximum Gasteiger partial charge on any atom is 0.337 e. The van der Waals surface area contributed by atoms with Gasteiger partial charge in [0.15, 0.2) is 17.3 Å². The van der Waals surface area contributed by atoms with E-state index in [0.717, 1.165) is 5.56 Å². The van der Waals surface area contributed by atoms with Crippen molar-refractivity contribution in [2.45, 2.75) is 32.1 Å². The highest BCUT2D eigenvalue weighted by atomic mass is 16.5. The van der Waals surface area contributed by atoms with E-state index in [1.165, 1.54) is 7.11 Å². The number of ether oxygens (including phenoxy) is 1. The predicted molar refractivity (Wildman–Crippen MR) is 78.6 cm³/mol. The number of carbonyl (C=O) groups is 4. The Kier molecular flexibility index (Phi) is 4.85. The van der Waals surface area contributed by atoms with Crippen LogP contribution < -0.4 is 0 Å². The Labute approximate surface area is 128 Å². The quantitative estimate of drug-likeness (QED) is 0.628. The van der Waals surface area contributed by atoms with Crippen LogP contribution in [0, 0.1) is 5.92 Å². The molecule has 0 amide bonds. The van der Waals surface area contributed by atoms with E-state index in [9.17, 15) is 19.2 Å². The monoisotopic (exact) mass is 302 g/mol. The van der Waals surface area contributed by atoms with Gasteiger partial charge < -0.3 is 4.74 Å². The molecule has 22 heavy (non-hydrogen) atoms. The molecule has 0 aromatic heterocycles. The fourth-order valence-electron chi connectivity index (χ4n) is 2.78. The fourth-order valence-corrected chi connectivity index (χ4v) is 2.78. The van der Waals surface area contributed by atoms with Crippen LogP contribution in [-0.2, 0) is 19.1 Å². The average molecular weight is 302 g/mol. The van der Waals surface area contributed by atoms with Crippen molar-refractivity contribution in [2.24, 2.45) is 5.92 Å². The summed E-state index contributed by atoms with van der Waals surface area (Å²) in [6.45, 7) is 1.65. The molecule has 1 aromatic carbocycles. The molecular formula is C17H18O5. The van der Waals surface area contributed by atoms with Gasteiger partial charge in [-0.15, -0.1) is 0 Å². The van der Waals surface area contributed by atoms with Gasteiger partial charge in [-0.2, -0.15) is 0 Å². The molecule has 1 saturated carbocycles. The van der Waals surface area contributed by atoms with Gasteiger partial charge in [-0.05, 0) is 23.6 Å². The van der Waals surface area contributed by atoms with Crippen LogP contribution in [0.1, 0.15) is 48.0 Å². The first kappa shape index (κ1) is 16.1. The number of benzene rings is 1. The first-order valence-electron chi connectivity index (χ1n) is 7.24. The van der Waals surface area contributed by atoms with E-state index in [1.807, 2.05) is 0 Å². The van der Waals surface area contributed by atoms with Gasteiger partial charge in [0.05, 0.1) is 12.7 Å². The van der Waals surface area contributed by atoms with Crippen molar-refractivity contribution in [3.05, 3.63) is 35.4 Å². The third-order valence-corrected chi connectivity index (χ3v) is 4.01. The van der Waals surface area contributed by atoms with Gasteiger partial charge in [-0.3, -0.25) is 14.4 Å². The molecule has 116 valence electrons. The van der Waals surface area contributed by atoms with Crippen molar-refractivity contribution in [1.82, 2.24) is 0 Å². The molecular weight excluding hydrogens is 284 g/mol. The summed E-state index contributed by atoms with van der Waals surface area (Å²) < 4.78 is 4.62. The zero-order valence-corrected chi connectivity index (χ0v) is 12.6. The van der Waals surface area contributed by atoms with Crippen LogP contribution in [0.15, 0.2) is 24.3 Å². The summed E-state index contributed by atoms with van der Waals surface area (Å²) in [5, 5.41) is 0. The standard InChI is InChI=1S/C17H18O5/c1-3-13(18)16-14(19)8-12(9-15(16)20)10-4-6-11(7-5-10)17(21)22-2/h4-7,12,16H,3,8-9H2,1-2H3. The molecule has 0 bridgehead atoms. The Morgan fingerprint density at radius 1 is 1.09 bits per heavy atom. The van der Waals surface area contributed by atoms with Gasteiger partial charge in [0.1, 0.15) is 5.92 Å². The van der Waals surface area contributed by atoms with Crippen LogP contribution in [0.5, 0.6) is 0 Å². The molecule has 5 heteroatoms. The van der Waals surface area contributed by atoms with Crippen LogP contribution in [-0.4, -0.2) is 30.4 Å². The summed E-state index contributed by atoms with van der Waals surface area (Å²) in [5.41, 5.74) is 1.23. The lowest BCUT2D eigenvalue weighted by atomic mass is 9.75. The predicted octanol–water partition coefficient (Wildman–Crippen LogP) is 2.08. The lowest BCUT2D eigenvalue weighted by Gasteiger charge is -2.25. The Bertz CT molecular complexity index is 596. The van der Waals surface area contributed by atoms with E-state index in [1.54, 1.807) is 31.2 Å². The summed E-state index contributed by atoms with van der Waals surface area (Å²) in [6, 6.07) is 6.66. The van der Waals surface area contributed by atoms with Crippen LogP contribution in [0.4, 0.5) is 0 Å². The normalized spacial score (nSPS) is 21.5. The van der Waals surface area contributed by atoms with E-state index >= 15 is 0 Å². The zero-order chi connectivity index (χ0) is 16.3. The number of methoxy groups -OCH3 is 1. The molecule has 5 nitrogen and oxygen atoms in total. The number of hydrogen-bond acceptors (Lipinski definition) is 5. The zero-order valence-electron chi connectivity index (χ0n) is 12.6. The molecule has 0 heterocycles. The first-order chi connectivity index (χ1) is 10.5. The van der Waals surface area contributed by atoms with Gasteiger partial charge in [-0.1, -0.05) is 19.1 Å². The molecule has 0 spiro atoms. The molecule has 2 rings (SSSR count). The maximum atomic E-state index is 12.1. The largest absolute Gasteiger partial charge is 0.465 e. The highest BCUT2D eigenvalue weighted by Gasteiger charge is 2.39. The van der Waals surface area contributed by atoms with Crippen LogP contribution >= 0.6 is 0 Å². The van der Waals surface area contributed by atoms with Crippen molar-refractivity contribution < 1.29 is 23.9 Å². The Morgan fingerprint density at radius 2 is 1.64 bits per heavy atom. The molecule has 0 radical (unpaired) electrons. The maximum absolute atomic E-state index is 12.1. The second-order valence-electron chi connectivity index (χ2n) is 5.40. The number of hydrogen-bond donors (Lipinski definition) is 0. The van der Waals surface area contributed by atoms with E-state index in [2.05, 4.69) is 4.74 Å². The molecule has 1 aliphatic carbocycles. The van der Waals surface area contributed by atoms with Gasteiger partial charge in [0, 0.05) is 19.3 Å². The number of carbonyl (C=O) groups excluding carboxylic acids is 4. The Balaban J connectivity index is 2.15. The van der Waals surface area contributed by atoms with Gasteiger partial charge in [-0.25, -0.2) is 4.79 Å². The molecule has 1 aliphatic rings. The van der Waals surface area contributed by atoms with Crippen LogP contribution in [0.2, 0.25) is 0 Å². The molecule has 0 atom stereocenters. The fraction of sp³-hybridized carbons (Fsp3) is 0.412. The van der Waals surface area contributed by atoms with Crippen molar-refractivity contribution in [2.75, 3.05) is 7.11 Å². The second-order valence-corrected chi connectivity index (χ2v) is 5.40. The van der Waals surface area contributed by atoms with Crippen molar-refractivity contribution >= 4 is 23.3 Å². The topological polar surface area (TPSA) is 77.5 Å². The van der Waals surface area contributed by atoms with Crippen molar-refractivity contribution in [1.29, 1.82) is 0 Å².